The van der Waals surface area contributed by atoms with Crippen molar-refractivity contribution in [3.05, 3.63) is 24.3 Å². The topological polar surface area (TPSA) is 42.0 Å². The Morgan fingerprint density at radius 1 is 1.37 bits per heavy atom. The standard InChI is InChI=1S/C14H20N2O3/c1-3-18-13-6-4-12(5-7-13)15(2)8-9-16-10-11-19-14(16)17/h4-7H,3,8-11H2,1-2H3. The number of rotatable bonds is 6. The first-order chi connectivity index (χ1) is 9.20. The number of carbonyl (C=O) groups is 1. The van der Waals surface area contributed by atoms with Gasteiger partial charge in [-0.15, -0.1) is 0 Å². The van der Waals surface area contributed by atoms with E-state index < -0.39 is 0 Å². The van der Waals surface area contributed by atoms with Crippen LogP contribution in [-0.4, -0.2) is 50.9 Å². The molecule has 0 radical (unpaired) electrons. The monoisotopic (exact) mass is 264 g/mol. The lowest BCUT2D eigenvalue weighted by molar-refractivity contribution is 0.159. The number of cyclic esters (lactones) is 1. The van der Waals surface area contributed by atoms with E-state index in [4.69, 9.17) is 9.47 Å². The third kappa shape index (κ3) is 3.53. The number of amides is 1. The van der Waals surface area contributed by atoms with Crippen LogP contribution in [-0.2, 0) is 4.74 Å². The second-order valence-electron chi connectivity index (χ2n) is 4.45. The highest BCUT2D eigenvalue weighted by Crippen LogP contribution is 2.18. The largest absolute Gasteiger partial charge is 0.494 e. The van der Waals surface area contributed by atoms with Crippen molar-refractivity contribution in [2.75, 3.05) is 44.8 Å². The minimum atomic E-state index is -0.208. The Kier molecular flexibility index (Phi) is 4.49. The third-order valence-corrected chi connectivity index (χ3v) is 3.14. The molecule has 1 aromatic carbocycles. The molecule has 0 aromatic heterocycles. The summed E-state index contributed by atoms with van der Waals surface area (Å²) in [5.41, 5.74) is 1.11. The number of ether oxygens (including phenoxy) is 2. The van der Waals surface area contributed by atoms with Gasteiger partial charge in [0.15, 0.2) is 0 Å². The fourth-order valence-corrected chi connectivity index (χ4v) is 1.99. The van der Waals surface area contributed by atoms with Gasteiger partial charge in [-0.2, -0.15) is 0 Å². The van der Waals surface area contributed by atoms with Gasteiger partial charge < -0.3 is 19.3 Å². The molecule has 1 amide bonds. The molecule has 1 aliphatic rings. The van der Waals surface area contributed by atoms with Gasteiger partial charge in [-0.25, -0.2) is 4.79 Å². The number of carbonyl (C=O) groups excluding carboxylic acids is 1. The Hall–Kier alpha value is -1.91. The smallest absolute Gasteiger partial charge is 0.409 e. The molecule has 1 fully saturated rings. The van der Waals surface area contributed by atoms with Gasteiger partial charge in [0, 0.05) is 25.8 Å². The second-order valence-corrected chi connectivity index (χ2v) is 4.45. The van der Waals surface area contributed by atoms with E-state index >= 15 is 0 Å². The lowest BCUT2D eigenvalue weighted by Crippen LogP contribution is -2.33. The minimum Gasteiger partial charge on any atom is -0.494 e. The van der Waals surface area contributed by atoms with Crippen molar-refractivity contribution in [3.63, 3.8) is 0 Å². The van der Waals surface area contributed by atoms with Crippen molar-refractivity contribution < 1.29 is 14.3 Å². The van der Waals surface area contributed by atoms with E-state index in [0.29, 0.717) is 26.3 Å². The summed E-state index contributed by atoms with van der Waals surface area (Å²) in [5.74, 6) is 0.878. The lowest BCUT2D eigenvalue weighted by Gasteiger charge is -2.22. The molecule has 1 aliphatic heterocycles. The number of hydrogen-bond donors (Lipinski definition) is 0. The minimum absolute atomic E-state index is 0.208. The van der Waals surface area contributed by atoms with Crippen LogP contribution in [0.15, 0.2) is 24.3 Å². The first-order valence-corrected chi connectivity index (χ1v) is 6.56. The Bertz CT molecular complexity index is 419. The van der Waals surface area contributed by atoms with Crippen molar-refractivity contribution in [1.82, 2.24) is 4.90 Å². The maximum absolute atomic E-state index is 11.3. The Morgan fingerprint density at radius 2 is 2.11 bits per heavy atom. The quantitative estimate of drug-likeness (QED) is 0.788. The van der Waals surface area contributed by atoms with Gasteiger partial charge >= 0.3 is 6.09 Å². The molecule has 19 heavy (non-hydrogen) atoms. The molecule has 5 nitrogen and oxygen atoms in total. The SMILES string of the molecule is CCOc1ccc(N(C)CCN2CCOC2=O)cc1. The molecule has 1 saturated heterocycles. The number of likely N-dealkylation sites (N-methyl/N-ethyl adjacent to an activating group) is 1. The first-order valence-electron chi connectivity index (χ1n) is 6.56. The lowest BCUT2D eigenvalue weighted by atomic mass is 10.3. The number of nitrogens with zero attached hydrogens (tertiary/aromatic N) is 2. The molecule has 0 atom stereocenters. The highest BCUT2D eigenvalue weighted by Gasteiger charge is 2.21. The van der Waals surface area contributed by atoms with E-state index in [0.717, 1.165) is 18.0 Å². The Labute approximate surface area is 113 Å². The van der Waals surface area contributed by atoms with Crippen molar-refractivity contribution in [2.45, 2.75) is 6.92 Å². The fraction of sp³-hybridized carbons (Fsp3) is 0.500. The zero-order valence-electron chi connectivity index (χ0n) is 11.5. The van der Waals surface area contributed by atoms with Crippen molar-refractivity contribution >= 4 is 11.8 Å². The van der Waals surface area contributed by atoms with Gasteiger partial charge in [-0.05, 0) is 31.2 Å². The molecule has 5 heteroatoms. The molecular weight excluding hydrogens is 244 g/mol. The first kappa shape index (κ1) is 13.5. The van der Waals surface area contributed by atoms with Crippen molar-refractivity contribution in [2.24, 2.45) is 0 Å². The molecule has 0 spiro atoms. The normalized spacial score (nSPS) is 14.4. The van der Waals surface area contributed by atoms with Crippen LogP contribution >= 0.6 is 0 Å². The summed E-state index contributed by atoms with van der Waals surface area (Å²) in [4.78, 5) is 15.1. The molecule has 1 aromatic rings. The van der Waals surface area contributed by atoms with Gasteiger partial charge in [0.1, 0.15) is 12.4 Å². The second kappa shape index (κ2) is 6.31. The Morgan fingerprint density at radius 3 is 2.68 bits per heavy atom. The molecule has 0 saturated carbocycles. The average Bonchev–Trinajstić information content (AvgIpc) is 2.83. The highest BCUT2D eigenvalue weighted by atomic mass is 16.6. The molecule has 0 aliphatic carbocycles. The van der Waals surface area contributed by atoms with E-state index in [1.165, 1.54) is 0 Å². The predicted molar refractivity (Wildman–Crippen MR) is 73.8 cm³/mol. The van der Waals surface area contributed by atoms with Crippen LogP contribution in [0.2, 0.25) is 0 Å². The third-order valence-electron chi connectivity index (χ3n) is 3.14. The molecule has 0 unspecified atom stereocenters. The van der Waals surface area contributed by atoms with Crippen molar-refractivity contribution in [3.8, 4) is 5.75 Å². The predicted octanol–water partition coefficient (Wildman–Crippen LogP) is 1.97. The molecule has 0 bridgehead atoms. The summed E-state index contributed by atoms with van der Waals surface area (Å²) >= 11 is 0. The summed E-state index contributed by atoms with van der Waals surface area (Å²) in [5, 5.41) is 0. The van der Waals surface area contributed by atoms with Crippen LogP contribution in [0, 0.1) is 0 Å². The molecule has 104 valence electrons. The molecule has 1 heterocycles. The van der Waals surface area contributed by atoms with Gasteiger partial charge in [0.25, 0.3) is 0 Å². The highest BCUT2D eigenvalue weighted by molar-refractivity contribution is 5.69. The maximum Gasteiger partial charge on any atom is 0.409 e. The Balaban J connectivity index is 1.85. The van der Waals surface area contributed by atoms with Gasteiger partial charge in [-0.1, -0.05) is 0 Å². The van der Waals surface area contributed by atoms with E-state index in [1.54, 1.807) is 4.90 Å². The van der Waals surface area contributed by atoms with Crippen LogP contribution < -0.4 is 9.64 Å². The summed E-state index contributed by atoms with van der Waals surface area (Å²) in [6.07, 6.45) is -0.208. The van der Waals surface area contributed by atoms with Gasteiger partial charge in [0.05, 0.1) is 13.2 Å². The zero-order valence-corrected chi connectivity index (χ0v) is 11.5. The number of hydrogen-bond acceptors (Lipinski definition) is 4. The van der Waals surface area contributed by atoms with Crippen LogP contribution in [0.3, 0.4) is 0 Å². The molecule has 0 N–H and O–H groups in total. The molecular formula is C14H20N2O3. The summed E-state index contributed by atoms with van der Waals surface area (Å²) in [7, 11) is 2.01. The van der Waals surface area contributed by atoms with Gasteiger partial charge in [0.2, 0.25) is 0 Å². The molecule has 2 rings (SSSR count). The van der Waals surface area contributed by atoms with Gasteiger partial charge in [-0.3, -0.25) is 0 Å². The summed E-state index contributed by atoms with van der Waals surface area (Å²) in [6.45, 7) is 5.30. The summed E-state index contributed by atoms with van der Waals surface area (Å²) < 4.78 is 10.3. The van der Waals surface area contributed by atoms with Crippen LogP contribution in [0.5, 0.6) is 5.75 Å². The zero-order chi connectivity index (χ0) is 13.7. The maximum atomic E-state index is 11.3. The van der Waals surface area contributed by atoms with Crippen LogP contribution in [0.4, 0.5) is 10.5 Å². The van der Waals surface area contributed by atoms with E-state index in [9.17, 15) is 4.79 Å². The number of anilines is 1. The van der Waals surface area contributed by atoms with Crippen LogP contribution in [0.25, 0.3) is 0 Å². The van der Waals surface area contributed by atoms with E-state index in [-0.39, 0.29) is 6.09 Å². The van der Waals surface area contributed by atoms with E-state index in [1.807, 2.05) is 38.2 Å². The van der Waals surface area contributed by atoms with Crippen molar-refractivity contribution in [1.29, 1.82) is 0 Å². The number of benzene rings is 1. The van der Waals surface area contributed by atoms with Crippen LogP contribution in [0.1, 0.15) is 6.92 Å². The average molecular weight is 264 g/mol. The fourth-order valence-electron chi connectivity index (χ4n) is 1.99. The summed E-state index contributed by atoms with van der Waals surface area (Å²) in [6, 6.07) is 7.96. The van der Waals surface area contributed by atoms with E-state index in [2.05, 4.69) is 4.90 Å².